The van der Waals surface area contributed by atoms with Crippen LogP contribution in [0.3, 0.4) is 0 Å². The molecular weight excluding hydrogens is 292 g/mol. The summed E-state index contributed by atoms with van der Waals surface area (Å²) in [5, 5.41) is 2.82. The molecule has 0 saturated heterocycles. The highest BCUT2D eigenvalue weighted by Gasteiger charge is 2.14. The molecule has 0 fully saturated rings. The van der Waals surface area contributed by atoms with Gasteiger partial charge in [0, 0.05) is 0 Å². The van der Waals surface area contributed by atoms with Gasteiger partial charge in [-0.15, -0.1) is 0 Å². The number of nitrogens with zero attached hydrogens (tertiary/aromatic N) is 2. The Morgan fingerprint density at radius 3 is 2.79 bits per heavy atom. The van der Waals surface area contributed by atoms with Crippen molar-refractivity contribution in [1.29, 1.82) is 0 Å². The van der Waals surface area contributed by atoms with Gasteiger partial charge >= 0.3 is 0 Å². The molecule has 0 atom stereocenters. The van der Waals surface area contributed by atoms with Crippen molar-refractivity contribution >= 4 is 34.8 Å². The number of carbonyl (C=O) groups is 1. The van der Waals surface area contributed by atoms with Crippen LogP contribution in [0, 0.1) is 12.7 Å². The molecule has 2 aromatic heterocycles. The minimum absolute atomic E-state index is 0.0454. The average molecular weight is 300 g/mol. The quantitative estimate of drug-likeness (QED) is 0.864. The number of anilines is 1. The minimum Gasteiger partial charge on any atom is -0.320 e. The Labute approximate surface area is 118 Å². The van der Waals surface area contributed by atoms with Crippen LogP contribution in [-0.4, -0.2) is 15.9 Å². The van der Waals surface area contributed by atoms with Crippen molar-refractivity contribution in [3.63, 3.8) is 0 Å². The first-order valence-corrected chi connectivity index (χ1v) is 5.98. The maximum Gasteiger partial charge on any atom is 0.258 e. The number of halogens is 3. The highest BCUT2D eigenvalue weighted by atomic mass is 35.5. The number of aryl methyl sites for hydroxylation is 1. The van der Waals surface area contributed by atoms with Gasteiger partial charge in [0.25, 0.3) is 5.91 Å². The molecule has 0 unspecified atom stereocenters. The topological polar surface area (TPSA) is 54.9 Å². The second-order valence-corrected chi connectivity index (χ2v) is 4.46. The maximum atomic E-state index is 13.0. The molecule has 1 N–H and O–H groups in total. The van der Waals surface area contributed by atoms with Crippen molar-refractivity contribution < 1.29 is 9.18 Å². The molecule has 19 heavy (non-hydrogen) atoms. The molecular formula is C12H8Cl2FN3O. The van der Waals surface area contributed by atoms with E-state index >= 15 is 0 Å². The Morgan fingerprint density at radius 1 is 1.37 bits per heavy atom. The average Bonchev–Trinajstić information content (AvgIpc) is 2.35. The van der Waals surface area contributed by atoms with Crippen molar-refractivity contribution in [1.82, 2.24) is 9.97 Å². The van der Waals surface area contributed by atoms with E-state index in [2.05, 4.69) is 15.3 Å². The molecule has 2 aromatic rings. The Kier molecular flexibility index (Phi) is 3.97. The molecule has 7 heteroatoms. The third kappa shape index (κ3) is 3.19. The number of aromatic nitrogens is 2. The molecule has 4 nitrogen and oxygen atoms in total. The van der Waals surface area contributed by atoms with E-state index in [1.165, 1.54) is 6.07 Å². The van der Waals surface area contributed by atoms with Crippen LogP contribution >= 0.6 is 23.2 Å². The smallest absolute Gasteiger partial charge is 0.258 e. The maximum absolute atomic E-state index is 13.0. The highest BCUT2D eigenvalue weighted by Crippen LogP contribution is 2.19. The molecule has 2 heterocycles. The highest BCUT2D eigenvalue weighted by molar-refractivity contribution is 6.33. The van der Waals surface area contributed by atoms with Crippen LogP contribution < -0.4 is 5.32 Å². The Hall–Kier alpha value is -1.72. The van der Waals surface area contributed by atoms with E-state index in [1.54, 1.807) is 13.0 Å². The zero-order chi connectivity index (χ0) is 14.0. The van der Waals surface area contributed by atoms with Gasteiger partial charge in [0.2, 0.25) is 0 Å². The van der Waals surface area contributed by atoms with E-state index < -0.39 is 11.7 Å². The fourth-order valence-electron chi connectivity index (χ4n) is 1.43. The first-order chi connectivity index (χ1) is 8.97. The third-order valence-corrected chi connectivity index (χ3v) is 2.86. The van der Waals surface area contributed by atoms with Gasteiger partial charge in [0.05, 0.1) is 23.1 Å². The SMILES string of the molecule is Cc1nc(Cl)ccc1NC(=O)c1cc(F)cnc1Cl. The number of carbonyl (C=O) groups excluding carboxylic acids is 1. The van der Waals surface area contributed by atoms with Gasteiger partial charge in [-0.2, -0.15) is 0 Å². The van der Waals surface area contributed by atoms with Gasteiger partial charge in [0.15, 0.2) is 0 Å². The normalized spacial score (nSPS) is 10.3. The summed E-state index contributed by atoms with van der Waals surface area (Å²) in [5.74, 6) is -1.20. The number of hydrogen-bond acceptors (Lipinski definition) is 3. The van der Waals surface area contributed by atoms with Crippen LogP contribution in [0.2, 0.25) is 10.3 Å². The number of hydrogen-bond donors (Lipinski definition) is 1. The van der Waals surface area contributed by atoms with Crippen molar-refractivity contribution in [2.24, 2.45) is 0 Å². The molecule has 0 aliphatic carbocycles. The van der Waals surface area contributed by atoms with Crippen molar-refractivity contribution in [3.8, 4) is 0 Å². The van der Waals surface area contributed by atoms with Gasteiger partial charge in [0.1, 0.15) is 16.1 Å². The van der Waals surface area contributed by atoms with Gasteiger partial charge in [-0.1, -0.05) is 23.2 Å². The van der Waals surface area contributed by atoms with E-state index in [1.807, 2.05) is 0 Å². The number of rotatable bonds is 2. The number of amides is 1. The molecule has 0 saturated carbocycles. The number of pyridine rings is 2. The zero-order valence-electron chi connectivity index (χ0n) is 9.75. The first-order valence-electron chi connectivity index (χ1n) is 5.23. The van der Waals surface area contributed by atoms with Crippen LogP contribution in [-0.2, 0) is 0 Å². The van der Waals surface area contributed by atoms with Gasteiger partial charge in [-0.05, 0) is 25.1 Å². The predicted molar refractivity (Wildman–Crippen MR) is 71.1 cm³/mol. The predicted octanol–water partition coefficient (Wildman–Crippen LogP) is 3.48. The van der Waals surface area contributed by atoms with Gasteiger partial charge in [-0.25, -0.2) is 14.4 Å². The lowest BCUT2D eigenvalue weighted by Gasteiger charge is -2.08. The van der Waals surface area contributed by atoms with E-state index in [0.29, 0.717) is 16.5 Å². The molecule has 0 spiro atoms. The summed E-state index contributed by atoms with van der Waals surface area (Å²) >= 11 is 11.5. The van der Waals surface area contributed by atoms with E-state index in [-0.39, 0.29) is 10.7 Å². The lowest BCUT2D eigenvalue weighted by molar-refractivity contribution is 0.102. The standard InChI is InChI=1S/C12H8Cl2FN3O/c1-6-9(2-3-10(13)17-6)18-12(19)8-4-7(15)5-16-11(8)14/h2-5H,1H3,(H,18,19). The summed E-state index contributed by atoms with van der Waals surface area (Å²) in [4.78, 5) is 19.5. The van der Waals surface area contributed by atoms with Crippen molar-refractivity contribution in [2.45, 2.75) is 6.92 Å². The lowest BCUT2D eigenvalue weighted by atomic mass is 10.2. The first kappa shape index (κ1) is 13.7. The summed E-state index contributed by atoms with van der Waals surface area (Å²) < 4.78 is 13.0. The summed E-state index contributed by atoms with van der Waals surface area (Å²) in [5.41, 5.74) is 0.965. The van der Waals surface area contributed by atoms with Gasteiger partial charge in [-0.3, -0.25) is 4.79 Å². The molecule has 0 aliphatic heterocycles. The largest absolute Gasteiger partial charge is 0.320 e. The van der Waals surface area contributed by atoms with E-state index in [9.17, 15) is 9.18 Å². The van der Waals surface area contributed by atoms with Crippen LogP contribution in [0.1, 0.15) is 16.1 Å². The van der Waals surface area contributed by atoms with E-state index in [4.69, 9.17) is 23.2 Å². The summed E-state index contributed by atoms with van der Waals surface area (Å²) in [6, 6.07) is 4.15. The van der Waals surface area contributed by atoms with Gasteiger partial charge < -0.3 is 5.32 Å². The molecule has 0 bridgehead atoms. The van der Waals surface area contributed by atoms with Crippen LogP contribution in [0.25, 0.3) is 0 Å². The Morgan fingerprint density at radius 2 is 2.11 bits per heavy atom. The summed E-state index contributed by atoms with van der Waals surface area (Å²) in [6.45, 7) is 1.69. The summed E-state index contributed by atoms with van der Waals surface area (Å²) in [6.07, 6.45) is 0.939. The van der Waals surface area contributed by atoms with Crippen molar-refractivity contribution in [2.75, 3.05) is 5.32 Å². The molecule has 98 valence electrons. The third-order valence-electron chi connectivity index (χ3n) is 2.35. The minimum atomic E-state index is -0.638. The Balaban J connectivity index is 2.28. The molecule has 0 aliphatic rings. The molecule has 0 radical (unpaired) electrons. The molecule has 2 rings (SSSR count). The van der Waals surface area contributed by atoms with Crippen LogP contribution in [0.4, 0.5) is 10.1 Å². The summed E-state index contributed by atoms with van der Waals surface area (Å²) in [7, 11) is 0. The second-order valence-electron chi connectivity index (χ2n) is 3.71. The van der Waals surface area contributed by atoms with Crippen LogP contribution in [0.5, 0.6) is 0 Å². The van der Waals surface area contributed by atoms with E-state index in [0.717, 1.165) is 12.3 Å². The zero-order valence-corrected chi connectivity index (χ0v) is 11.3. The fourth-order valence-corrected chi connectivity index (χ4v) is 1.81. The second kappa shape index (κ2) is 5.50. The van der Waals surface area contributed by atoms with Crippen molar-refractivity contribution in [3.05, 3.63) is 51.8 Å². The Bertz CT molecular complexity index is 649. The molecule has 1 amide bonds. The van der Waals surface area contributed by atoms with Crippen LogP contribution in [0.15, 0.2) is 24.4 Å². The number of nitrogens with one attached hydrogen (secondary N) is 1. The molecule has 0 aromatic carbocycles. The lowest BCUT2D eigenvalue weighted by Crippen LogP contribution is -2.14. The monoisotopic (exact) mass is 299 g/mol. The fraction of sp³-hybridized carbons (Fsp3) is 0.0833.